The van der Waals surface area contributed by atoms with Gasteiger partial charge < -0.3 is 19.9 Å². The van der Waals surface area contributed by atoms with Gasteiger partial charge in [-0.05, 0) is 31.6 Å². The zero-order chi connectivity index (χ0) is 22.5. The molecule has 0 saturated carbocycles. The SMILES string of the molecule is CCOC(=O)CCCNC(=O)Cn1cc(/C=C2\C(=O)Nc3ccccc32)c2ccccc21. The lowest BCUT2D eigenvalue weighted by Gasteiger charge is -2.07. The summed E-state index contributed by atoms with van der Waals surface area (Å²) in [5.74, 6) is -0.534. The van der Waals surface area contributed by atoms with Crippen molar-refractivity contribution >= 4 is 46.0 Å². The highest BCUT2D eigenvalue weighted by molar-refractivity contribution is 6.35. The normalized spacial score (nSPS) is 13.8. The van der Waals surface area contributed by atoms with Crippen LogP contribution >= 0.6 is 0 Å². The van der Waals surface area contributed by atoms with Crippen LogP contribution in [0.3, 0.4) is 0 Å². The molecule has 7 heteroatoms. The number of fused-ring (bicyclic) bond motifs is 2. The summed E-state index contributed by atoms with van der Waals surface area (Å²) in [7, 11) is 0. The lowest BCUT2D eigenvalue weighted by molar-refractivity contribution is -0.143. The number of rotatable bonds is 8. The van der Waals surface area contributed by atoms with Crippen LogP contribution < -0.4 is 10.6 Å². The summed E-state index contributed by atoms with van der Waals surface area (Å²) >= 11 is 0. The van der Waals surface area contributed by atoms with Crippen molar-refractivity contribution in [3.63, 3.8) is 0 Å². The fraction of sp³-hybridized carbons (Fsp3) is 0.240. The number of amides is 2. The molecule has 2 aromatic carbocycles. The van der Waals surface area contributed by atoms with E-state index in [-0.39, 0.29) is 30.7 Å². The molecule has 0 aliphatic carbocycles. The zero-order valence-electron chi connectivity index (χ0n) is 17.9. The van der Waals surface area contributed by atoms with Gasteiger partial charge in [0.05, 0.1) is 6.61 Å². The molecule has 0 fully saturated rings. The van der Waals surface area contributed by atoms with Gasteiger partial charge >= 0.3 is 5.97 Å². The third-order valence-electron chi connectivity index (χ3n) is 5.33. The predicted molar refractivity (Wildman–Crippen MR) is 124 cm³/mol. The standard InChI is InChI=1S/C25H25N3O4/c1-2-32-24(30)12-7-13-26-23(29)16-28-15-17(18-8-4-6-11-22(18)28)14-20-19-9-3-5-10-21(19)27-25(20)31/h3-6,8-11,14-15H,2,7,12-13,16H2,1H3,(H,26,29)(H,27,31)/b20-14-. The minimum Gasteiger partial charge on any atom is -0.466 e. The summed E-state index contributed by atoms with van der Waals surface area (Å²) in [6, 6.07) is 15.4. The van der Waals surface area contributed by atoms with Gasteiger partial charge in [-0.15, -0.1) is 0 Å². The lowest BCUT2D eigenvalue weighted by Crippen LogP contribution is -2.28. The molecule has 0 spiro atoms. The van der Waals surface area contributed by atoms with Crippen LogP contribution in [-0.4, -0.2) is 35.5 Å². The van der Waals surface area contributed by atoms with Crippen molar-refractivity contribution in [3.05, 3.63) is 65.9 Å². The fourth-order valence-electron chi connectivity index (χ4n) is 3.86. The van der Waals surface area contributed by atoms with E-state index in [2.05, 4.69) is 10.6 Å². The average Bonchev–Trinajstić information content (AvgIpc) is 3.29. The molecule has 0 unspecified atom stereocenters. The summed E-state index contributed by atoms with van der Waals surface area (Å²) in [5, 5.41) is 6.70. The fourth-order valence-corrected chi connectivity index (χ4v) is 3.86. The molecule has 2 heterocycles. The Hall–Kier alpha value is -3.87. The smallest absolute Gasteiger partial charge is 0.305 e. The Morgan fingerprint density at radius 1 is 1.12 bits per heavy atom. The minimum absolute atomic E-state index is 0.137. The highest BCUT2D eigenvalue weighted by Gasteiger charge is 2.24. The molecule has 7 nitrogen and oxygen atoms in total. The second-order valence-electron chi connectivity index (χ2n) is 7.55. The third-order valence-corrected chi connectivity index (χ3v) is 5.33. The molecule has 32 heavy (non-hydrogen) atoms. The number of carbonyl (C=O) groups excluding carboxylic acids is 3. The number of ether oxygens (including phenoxy) is 1. The Balaban J connectivity index is 1.51. The van der Waals surface area contributed by atoms with Crippen molar-refractivity contribution in [1.82, 2.24) is 9.88 Å². The number of nitrogens with one attached hydrogen (secondary N) is 2. The van der Waals surface area contributed by atoms with E-state index in [0.29, 0.717) is 25.1 Å². The molecule has 3 aromatic rings. The molecule has 164 valence electrons. The van der Waals surface area contributed by atoms with Crippen LogP contribution in [0.4, 0.5) is 5.69 Å². The third kappa shape index (κ3) is 4.56. The Labute approximate surface area is 186 Å². The molecular formula is C25H25N3O4. The Morgan fingerprint density at radius 3 is 2.75 bits per heavy atom. The molecule has 2 amide bonds. The number of para-hydroxylation sites is 2. The maximum Gasteiger partial charge on any atom is 0.305 e. The van der Waals surface area contributed by atoms with E-state index >= 15 is 0 Å². The van der Waals surface area contributed by atoms with Gasteiger partial charge in [-0.25, -0.2) is 0 Å². The van der Waals surface area contributed by atoms with E-state index in [9.17, 15) is 14.4 Å². The highest BCUT2D eigenvalue weighted by Crippen LogP contribution is 2.34. The van der Waals surface area contributed by atoms with Gasteiger partial charge in [0.15, 0.2) is 0 Å². The number of hydrogen-bond acceptors (Lipinski definition) is 4. The first kappa shape index (κ1) is 21.4. The van der Waals surface area contributed by atoms with Gasteiger partial charge in [0.25, 0.3) is 5.91 Å². The van der Waals surface area contributed by atoms with E-state index < -0.39 is 0 Å². The van der Waals surface area contributed by atoms with E-state index in [4.69, 9.17) is 4.74 Å². The maximum absolute atomic E-state index is 12.5. The molecule has 0 atom stereocenters. The van der Waals surface area contributed by atoms with Gasteiger partial charge in [-0.1, -0.05) is 36.4 Å². The van der Waals surface area contributed by atoms with E-state index in [1.165, 1.54) is 0 Å². The van der Waals surface area contributed by atoms with Crippen LogP contribution in [0.15, 0.2) is 54.7 Å². The van der Waals surface area contributed by atoms with Gasteiger partial charge in [-0.3, -0.25) is 14.4 Å². The van der Waals surface area contributed by atoms with Crippen molar-refractivity contribution in [2.45, 2.75) is 26.3 Å². The van der Waals surface area contributed by atoms with E-state index in [1.54, 1.807) is 6.92 Å². The first-order chi connectivity index (χ1) is 15.6. The second-order valence-corrected chi connectivity index (χ2v) is 7.55. The maximum atomic E-state index is 12.5. The largest absolute Gasteiger partial charge is 0.466 e. The van der Waals surface area contributed by atoms with Gasteiger partial charge in [0, 0.05) is 52.5 Å². The Morgan fingerprint density at radius 2 is 1.91 bits per heavy atom. The van der Waals surface area contributed by atoms with Crippen LogP contribution in [0.1, 0.15) is 30.9 Å². The van der Waals surface area contributed by atoms with E-state index in [0.717, 1.165) is 27.7 Å². The first-order valence-electron chi connectivity index (χ1n) is 10.7. The second kappa shape index (κ2) is 9.51. The number of aromatic nitrogens is 1. The van der Waals surface area contributed by atoms with Crippen molar-refractivity contribution in [2.24, 2.45) is 0 Å². The number of carbonyl (C=O) groups is 3. The van der Waals surface area contributed by atoms with Gasteiger partial charge in [0.1, 0.15) is 6.54 Å². The molecule has 1 aromatic heterocycles. The summed E-state index contributed by atoms with van der Waals surface area (Å²) in [5.41, 5.74) is 4.06. The highest BCUT2D eigenvalue weighted by atomic mass is 16.5. The molecule has 0 radical (unpaired) electrons. The Bertz CT molecular complexity index is 1210. The Kier molecular flexibility index (Phi) is 6.35. The minimum atomic E-state index is -0.256. The molecule has 0 saturated heterocycles. The number of esters is 1. The molecular weight excluding hydrogens is 406 g/mol. The summed E-state index contributed by atoms with van der Waals surface area (Å²) in [6.45, 7) is 2.68. The predicted octanol–water partition coefficient (Wildman–Crippen LogP) is 3.59. The molecule has 4 rings (SSSR count). The monoisotopic (exact) mass is 431 g/mol. The summed E-state index contributed by atoms with van der Waals surface area (Å²) in [4.78, 5) is 36.4. The first-order valence-corrected chi connectivity index (χ1v) is 10.7. The lowest BCUT2D eigenvalue weighted by atomic mass is 10.0. The van der Waals surface area contributed by atoms with Crippen LogP contribution in [0.2, 0.25) is 0 Å². The van der Waals surface area contributed by atoms with Crippen LogP contribution in [0.25, 0.3) is 22.6 Å². The summed E-state index contributed by atoms with van der Waals surface area (Å²) in [6.07, 6.45) is 4.58. The quantitative estimate of drug-likeness (QED) is 0.324. The average molecular weight is 431 g/mol. The molecule has 2 N–H and O–H groups in total. The number of anilines is 1. The molecule has 1 aliphatic rings. The van der Waals surface area contributed by atoms with Crippen LogP contribution in [0.5, 0.6) is 0 Å². The number of nitrogens with zero attached hydrogens (tertiary/aromatic N) is 1. The van der Waals surface area contributed by atoms with Crippen molar-refractivity contribution in [1.29, 1.82) is 0 Å². The number of benzene rings is 2. The zero-order valence-corrected chi connectivity index (χ0v) is 17.9. The summed E-state index contributed by atoms with van der Waals surface area (Å²) < 4.78 is 6.77. The van der Waals surface area contributed by atoms with Gasteiger partial charge in [0.2, 0.25) is 5.91 Å². The van der Waals surface area contributed by atoms with Crippen molar-refractivity contribution < 1.29 is 19.1 Å². The van der Waals surface area contributed by atoms with Gasteiger partial charge in [-0.2, -0.15) is 0 Å². The van der Waals surface area contributed by atoms with Crippen LogP contribution in [0, 0.1) is 0 Å². The van der Waals surface area contributed by atoms with E-state index in [1.807, 2.05) is 65.4 Å². The topological polar surface area (TPSA) is 89.4 Å². The van der Waals surface area contributed by atoms with Crippen molar-refractivity contribution in [2.75, 3.05) is 18.5 Å². The molecule has 0 bridgehead atoms. The molecule has 1 aliphatic heterocycles. The van der Waals surface area contributed by atoms with Crippen molar-refractivity contribution in [3.8, 4) is 0 Å². The number of hydrogen-bond donors (Lipinski definition) is 2. The van der Waals surface area contributed by atoms with Crippen LogP contribution in [-0.2, 0) is 25.7 Å².